The van der Waals surface area contributed by atoms with Crippen molar-refractivity contribution >= 4 is 34.8 Å². The fraction of sp³-hybridized carbons (Fsp3) is 0.289. The summed E-state index contributed by atoms with van der Waals surface area (Å²) in [7, 11) is 3.88. The molecule has 0 unspecified atom stereocenters. The van der Waals surface area contributed by atoms with Gasteiger partial charge in [-0.1, -0.05) is 23.7 Å². The van der Waals surface area contributed by atoms with Gasteiger partial charge in [0.15, 0.2) is 7.05 Å². The Morgan fingerprint density at radius 1 is 0.875 bits per heavy atom. The zero-order valence-corrected chi connectivity index (χ0v) is 28.4. The number of anilines is 2. The van der Waals surface area contributed by atoms with Gasteiger partial charge in [-0.25, -0.2) is 0 Å². The van der Waals surface area contributed by atoms with Crippen molar-refractivity contribution in [3.05, 3.63) is 112 Å². The number of halogens is 1. The molecule has 8 rings (SSSR count). The first kappa shape index (κ1) is 31.6. The van der Waals surface area contributed by atoms with Crippen molar-refractivity contribution in [3.8, 4) is 22.8 Å². The highest BCUT2D eigenvalue weighted by Crippen LogP contribution is 2.37. The number of rotatable bonds is 1. The Kier molecular flexibility index (Phi) is 8.25. The molecule has 48 heavy (non-hydrogen) atoms. The molecule has 246 valence electrons. The van der Waals surface area contributed by atoms with Crippen LogP contribution >= 0.6 is 11.6 Å². The smallest absolute Gasteiger partial charge is 0.264 e. The molecule has 3 aliphatic rings. The molecule has 0 atom stereocenters. The first-order valence-electron chi connectivity index (χ1n) is 16.3. The maximum Gasteiger partial charge on any atom is 0.264 e. The van der Waals surface area contributed by atoms with Crippen molar-refractivity contribution in [2.24, 2.45) is 14.1 Å². The fourth-order valence-electron chi connectivity index (χ4n) is 7.03. The Balaban J connectivity index is 1.40. The largest absolute Gasteiger partial charge is 0.508 e. The quantitative estimate of drug-likeness (QED) is 0.204. The summed E-state index contributed by atoms with van der Waals surface area (Å²) >= 11 is 6.56. The number of hydrogen-bond donors (Lipinski definition) is 1. The second-order valence-electron chi connectivity index (χ2n) is 12.7. The summed E-state index contributed by atoms with van der Waals surface area (Å²) in [6, 6.07) is 19.9. The van der Waals surface area contributed by atoms with Gasteiger partial charge in [0.2, 0.25) is 6.20 Å². The van der Waals surface area contributed by atoms with Crippen molar-refractivity contribution in [1.29, 1.82) is 0 Å². The first-order chi connectivity index (χ1) is 23.1. The van der Waals surface area contributed by atoms with E-state index in [9.17, 15) is 14.7 Å². The number of aromatic nitrogens is 3. The molecule has 3 aromatic carbocycles. The van der Waals surface area contributed by atoms with Crippen LogP contribution in [0.3, 0.4) is 0 Å². The molecule has 0 saturated carbocycles. The van der Waals surface area contributed by atoms with Crippen LogP contribution in [0.25, 0.3) is 11.3 Å². The number of phenols is 1. The molecule has 5 heterocycles. The second-order valence-corrected chi connectivity index (χ2v) is 13.1. The second kappa shape index (κ2) is 12.5. The van der Waals surface area contributed by atoms with Crippen LogP contribution in [0, 0.1) is 13.8 Å². The molecule has 1 N–H and O–H groups in total. The van der Waals surface area contributed by atoms with E-state index in [-0.39, 0.29) is 17.6 Å². The van der Waals surface area contributed by atoms with Crippen LogP contribution < -0.4 is 14.3 Å². The lowest BCUT2D eigenvalue weighted by Crippen LogP contribution is -2.38. The molecule has 9 nitrogen and oxygen atoms in total. The molecular weight excluding hydrogens is 626 g/mol. The van der Waals surface area contributed by atoms with E-state index in [4.69, 9.17) is 16.3 Å². The average molecular weight is 665 g/mol. The summed E-state index contributed by atoms with van der Waals surface area (Å²) in [4.78, 5) is 32.6. The van der Waals surface area contributed by atoms with Crippen LogP contribution in [-0.2, 0) is 33.6 Å². The van der Waals surface area contributed by atoms with Gasteiger partial charge in [-0.05, 0) is 93.3 Å². The average Bonchev–Trinajstić information content (AvgIpc) is 3.53. The van der Waals surface area contributed by atoms with Crippen molar-refractivity contribution in [2.45, 2.75) is 46.2 Å². The lowest BCUT2D eigenvalue weighted by atomic mass is 9.96. The van der Waals surface area contributed by atoms with E-state index in [2.05, 4.69) is 10.7 Å². The van der Waals surface area contributed by atoms with Crippen LogP contribution in [0.2, 0.25) is 5.02 Å². The number of hydrogen-bond acceptors (Lipinski definition) is 4. The highest BCUT2D eigenvalue weighted by Gasteiger charge is 2.32. The molecule has 0 fully saturated rings. The van der Waals surface area contributed by atoms with Crippen molar-refractivity contribution in [2.75, 3.05) is 18.1 Å². The maximum absolute atomic E-state index is 14.8. The summed E-state index contributed by atoms with van der Waals surface area (Å²) in [5.41, 5.74) is 7.70. The van der Waals surface area contributed by atoms with E-state index in [1.54, 1.807) is 47.4 Å². The molecule has 5 aromatic rings. The molecule has 0 radical (unpaired) electrons. The lowest BCUT2D eigenvalue weighted by molar-refractivity contribution is -0.753. The monoisotopic (exact) mass is 664 g/mol. The number of carbonyl (C=O) groups excluding carboxylic acids is 2. The molecule has 3 aliphatic heterocycles. The van der Waals surface area contributed by atoms with Crippen LogP contribution in [0.4, 0.5) is 11.4 Å². The molecule has 8 bridgehead atoms. The van der Waals surface area contributed by atoms with Gasteiger partial charge in [0.05, 0.1) is 18.7 Å². The number of phenolic OH excluding ortho intramolecular Hbond substituents is 1. The molecule has 2 amide bonds. The predicted octanol–water partition coefficient (Wildman–Crippen LogP) is 6.64. The Morgan fingerprint density at radius 3 is 2.46 bits per heavy atom. The first-order valence-corrected chi connectivity index (χ1v) is 16.7. The summed E-state index contributed by atoms with van der Waals surface area (Å²) in [5, 5.41) is 10.6. The standard InChI is InChI=1S/C38H38ClN5O4/c1-24-32-21-34(41(24)4)33-20-27(39)10-15-31(33)37(46)42-18-16-30-26(22-42)8-7-9-36(30)48-19-6-5-17-43-25(2)35(23-40(43)3)44(38(32)47)28-11-13-29(45)14-12-28/h7-15,20-21,23H,5-6,16-19,22H2,1-4H3/p+1. The van der Waals surface area contributed by atoms with Crippen molar-refractivity contribution in [1.82, 2.24) is 14.1 Å². The van der Waals surface area contributed by atoms with Gasteiger partial charge < -0.3 is 19.3 Å². The van der Waals surface area contributed by atoms with Gasteiger partial charge >= 0.3 is 0 Å². The van der Waals surface area contributed by atoms with Crippen LogP contribution in [0.15, 0.2) is 72.9 Å². The molecule has 0 spiro atoms. The zero-order valence-electron chi connectivity index (χ0n) is 27.7. The van der Waals surface area contributed by atoms with E-state index < -0.39 is 0 Å². The van der Waals surface area contributed by atoms with Crippen LogP contribution in [-0.4, -0.2) is 44.2 Å². The van der Waals surface area contributed by atoms with Crippen molar-refractivity contribution in [3.63, 3.8) is 0 Å². The number of benzene rings is 3. The summed E-state index contributed by atoms with van der Waals surface area (Å²) < 4.78 is 12.5. The Bertz CT molecular complexity index is 2060. The highest BCUT2D eigenvalue weighted by atomic mass is 35.5. The Labute approximate surface area is 285 Å². The summed E-state index contributed by atoms with van der Waals surface area (Å²) in [6.07, 6.45) is 4.41. The van der Waals surface area contributed by atoms with E-state index in [0.29, 0.717) is 59.2 Å². The number of carbonyl (C=O) groups is 2. The molecular formula is C38H39ClN5O4+. The van der Waals surface area contributed by atoms with E-state index >= 15 is 0 Å². The third-order valence-corrected chi connectivity index (χ3v) is 10.0. The van der Waals surface area contributed by atoms with E-state index in [1.807, 2.05) is 66.5 Å². The van der Waals surface area contributed by atoms with Gasteiger partial charge in [-0.2, -0.15) is 4.68 Å². The van der Waals surface area contributed by atoms with Gasteiger partial charge in [-0.3, -0.25) is 14.5 Å². The normalized spacial score (nSPS) is 15.3. The lowest BCUT2D eigenvalue weighted by Gasteiger charge is -2.30. The minimum atomic E-state index is -0.224. The van der Waals surface area contributed by atoms with Gasteiger partial charge in [0.25, 0.3) is 11.8 Å². The SMILES string of the molecule is Cc1c2cc(n1C)-c1cc(Cl)ccc1C(=O)N1CCc3c(cccc3OCCCCn3c(C)c(c[n+]3C)N(c3ccc(O)cc3)C2=O)C1. The number of amides is 2. The summed E-state index contributed by atoms with van der Waals surface area (Å²) in [6.45, 7) is 6.31. The number of fused-ring (bicyclic) bond motifs is 6. The number of nitrogens with zero attached hydrogens (tertiary/aromatic N) is 5. The molecule has 0 saturated heterocycles. The molecule has 2 aromatic heterocycles. The number of aryl methyl sites for hydroxylation is 1. The topological polar surface area (TPSA) is 83.8 Å². The minimum Gasteiger partial charge on any atom is -0.508 e. The number of aromatic hydroxyl groups is 1. The molecule has 0 aliphatic carbocycles. The van der Waals surface area contributed by atoms with Gasteiger partial charge in [0.1, 0.15) is 22.9 Å². The van der Waals surface area contributed by atoms with Crippen LogP contribution in [0.5, 0.6) is 11.5 Å². The Hall–Kier alpha value is -5.02. The van der Waals surface area contributed by atoms with E-state index in [1.165, 1.54) is 0 Å². The fourth-order valence-corrected chi connectivity index (χ4v) is 7.20. The predicted molar refractivity (Wildman–Crippen MR) is 185 cm³/mol. The highest BCUT2D eigenvalue weighted by molar-refractivity contribution is 6.31. The summed E-state index contributed by atoms with van der Waals surface area (Å²) in [5.74, 6) is 0.687. The molecule has 10 heteroatoms. The minimum absolute atomic E-state index is 0.0913. The third kappa shape index (κ3) is 5.52. The van der Waals surface area contributed by atoms with Crippen LogP contribution in [0.1, 0.15) is 56.1 Å². The third-order valence-electron chi connectivity index (χ3n) is 9.79. The van der Waals surface area contributed by atoms with Crippen molar-refractivity contribution < 1.29 is 24.1 Å². The van der Waals surface area contributed by atoms with E-state index in [0.717, 1.165) is 53.3 Å². The number of ether oxygens (including phenoxy) is 1. The Morgan fingerprint density at radius 2 is 1.67 bits per heavy atom. The van der Waals surface area contributed by atoms with Gasteiger partial charge in [-0.15, -0.1) is 4.68 Å². The van der Waals surface area contributed by atoms with Gasteiger partial charge in [0, 0.05) is 58.9 Å². The zero-order chi connectivity index (χ0) is 33.7. The maximum atomic E-state index is 14.8.